The van der Waals surface area contributed by atoms with Gasteiger partial charge in [0.2, 0.25) is 0 Å². The molecule has 6 heteroatoms. The third kappa shape index (κ3) is 3.37. The molecule has 0 saturated carbocycles. The molecule has 0 fully saturated rings. The lowest BCUT2D eigenvalue weighted by molar-refractivity contribution is -0.188. The summed E-state index contributed by atoms with van der Waals surface area (Å²) < 4.78 is 39.1. The van der Waals surface area contributed by atoms with Crippen molar-refractivity contribution in [2.24, 2.45) is 0 Å². The minimum Gasteiger partial charge on any atom is -0.399 e. The number of benzene rings is 2. The van der Waals surface area contributed by atoms with Crippen molar-refractivity contribution in [3.8, 4) is 0 Å². The fourth-order valence-electron chi connectivity index (χ4n) is 3.14. The van der Waals surface area contributed by atoms with Gasteiger partial charge < -0.3 is 10.6 Å². The van der Waals surface area contributed by atoms with Crippen LogP contribution in [0.1, 0.15) is 16.7 Å². The Morgan fingerprint density at radius 2 is 1.75 bits per heavy atom. The fraction of sp³-hybridized carbons (Fsp3) is 0.278. The molecule has 1 atom stereocenters. The molecule has 0 heterocycles. The molecule has 2 aromatic carbocycles. The summed E-state index contributed by atoms with van der Waals surface area (Å²) in [5.41, 5.74) is 8.85. The largest absolute Gasteiger partial charge is 0.471 e. The molecule has 0 spiro atoms. The molecule has 1 unspecified atom stereocenters. The number of nitrogen functional groups attached to an aromatic ring is 1. The average Bonchev–Trinajstić information content (AvgIpc) is 2.94. The average molecular weight is 334 g/mol. The molecule has 1 aliphatic carbocycles. The number of nitrogens with zero attached hydrogens (tertiary/aromatic N) is 1. The van der Waals surface area contributed by atoms with Gasteiger partial charge in [0.1, 0.15) is 0 Å². The zero-order valence-electron chi connectivity index (χ0n) is 12.9. The van der Waals surface area contributed by atoms with E-state index in [-0.39, 0.29) is 6.54 Å². The minimum atomic E-state index is -4.89. The number of anilines is 1. The molecular weight excluding hydrogens is 317 g/mol. The third-order valence-corrected chi connectivity index (χ3v) is 4.28. The van der Waals surface area contributed by atoms with Crippen molar-refractivity contribution in [1.82, 2.24) is 4.90 Å². The molecular formula is C18H17F3N2O. The molecule has 1 amide bonds. The van der Waals surface area contributed by atoms with Crippen molar-refractivity contribution in [1.29, 1.82) is 0 Å². The van der Waals surface area contributed by atoms with E-state index in [1.54, 1.807) is 42.5 Å². The minimum absolute atomic E-state index is 0.0622. The Balaban J connectivity index is 1.87. The molecule has 0 bridgehead atoms. The van der Waals surface area contributed by atoms with Gasteiger partial charge in [-0.05, 0) is 41.7 Å². The third-order valence-electron chi connectivity index (χ3n) is 4.28. The zero-order valence-corrected chi connectivity index (χ0v) is 12.9. The van der Waals surface area contributed by atoms with E-state index in [2.05, 4.69) is 0 Å². The molecule has 2 aromatic rings. The van der Waals surface area contributed by atoms with E-state index in [0.29, 0.717) is 24.1 Å². The van der Waals surface area contributed by atoms with Crippen LogP contribution in [0.15, 0.2) is 48.5 Å². The van der Waals surface area contributed by atoms with E-state index in [4.69, 9.17) is 5.73 Å². The summed E-state index contributed by atoms with van der Waals surface area (Å²) in [6.07, 6.45) is -4.10. The highest BCUT2D eigenvalue weighted by molar-refractivity contribution is 5.82. The molecule has 0 aliphatic heterocycles. The van der Waals surface area contributed by atoms with Crippen molar-refractivity contribution in [3.63, 3.8) is 0 Å². The number of rotatable bonds is 3. The zero-order chi connectivity index (χ0) is 17.3. The van der Waals surface area contributed by atoms with Gasteiger partial charge in [-0.1, -0.05) is 36.4 Å². The summed E-state index contributed by atoms with van der Waals surface area (Å²) in [7, 11) is 0. The van der Waals surface area contributed by atoms with Crippen LogP contribution in [0.2, 0.25) is 0 Å². The van der Waals surface area contributed by atoms with E-state index in [1.807, 2.05) is 6.07 Å². The first-order valence-corrected chi connectivity index (χ1v) is 7.63. The Morgan fingerprint density at radius 1 is 1.08 bits per heavy atom. The van der Waals surface area contributed by atoms with Crippen LogP contribution in [0.3, 0.4) is 0 Å². The number of halogens is 3. The Kier molecular flexibility index (Phi) is 4.22. The van der Waals surface area contributed by atoms with Crippen molar-refractivity contribution < 1.29 is 18.0 Å². The highest BCUT2D eigenvalue weighted by Crippen LogP contribution is 2.31. The number of fused-ring (bicyclic) bond motifs is 1. The number of carbonyl (C=O) groups excluding carboxylic acids is 1. The summed E-state index contributed by atoms with van der Waals surface area (Å²) in [6, 6.07) is 13.5. The van der Waals surface area contributed by atoms with Crippen LogP contribution in [0.4, 0.5) is 18.9 Å². The first-order valence-electron chi connectivity index (χ1n) is 7.63. The van der Waals surface area contributed by atoms with E-state index >= 15 is 0 Å². The maximum absolute atomic E-state index is 13.0. The highest BCUT2D eigenvalue weighted by atomic mass is 19.4. The predicted octanol–water partition coefficient (Wildman–Crippen LogP) is 3.33. The first kappa shape index (κ1) is 16.4. The lowest BCUT2D eigenvalue weighted by Crippen LogP contribution is -2.47. The molecule has 3 rings (SSSR count). The summed E-state index contributed by atoms with van der Waals surface area (Å²) in [4.78, 5) is 12.9. The second-order valence-corrected chi connectivity index (χ2v) is 6.01. The van der Waals surface area contributed by atoms with Gasteiger partial charge in [-0.2, -0.15) is 13.2 Å². The smallest absolute Gasteiger partial charge is 0.399 e. The van der Waals surface area contributed by atoms with Crippen LogP contribution in [-0.4, -0.2) is 23.0 Å². The second-order valence-electron chi connectivity index (χ2n) is 6.01. The van der Waals surface area contributed by atoms with Crippen molar-refractivity contribution in [3.05, 3.63) is 65.2 Å². The Hall–Kier alpha value is -2.50. The lowest BCUT2D eigenvalue weighted by atomic mass is 10.1. The molecule has 126 valence electrons. The van der Waals surface area contributed by atoms with E-state index in [0.717, 1.165) is 16.0 Å². The SMILES string of the molecule is Nc1ccc2c(c1)CC(N(Cc1ccccc1)C(=O)C(F)(F)F)C2. The van der Waals surface area contributed by atoms with Crippen LogP contribution in [0.25, 0.3) is 0 Å². The topological polar surface area (TPSA) is 46.3 Å². The van der Waals surface area contributed by atoms with Gasteiger partial charge in [-0.15, -0.1) is 0 Å². The highest BCUT2D eigenvalue weighted by Gasteiger charge is 2.45. The molecule has 2 N–H and O–H groups in total. The van der Waals surface area contributed by atoms with Gasteiger partial charge in [0.25, 0.3) is 0 Å². The van der Waals surface area contributed by atoms with Crippen LogP contribution >= 0.6 is 0 Å². The standard InChI is InChI=1S/C18H17F3N2O/c19-18(20,21)17(24)23(11-12-4-2-1-3-5-12)16-9-13-6-7-15(22)8-14(13)10-16/h1-8,16H,9-11,22H2. The number of hydrogen-bond acceptors (Lipinski definition) is 2. The normalized spacial score (nSPS) is 16.7. The Morgan fingerprint density at radius 3 is 2.42 bits per heavy atom. The van der Waals surface area contributed by atoms with Crippen molar-refractivity contribution in [2.75, 3.05) is 5.73 Å². The summed E-state index contributed by atoms with van der Waals surface area (Å²) in [5, 5.41) is 0. The van der Waals surface area contributed by atoms with Crippen molar-refractivity contribution >= 4 is 11.6 Å². The number of amides is 1. The Labute approximate surface area is 137 Å². The predicted molar refractivity (Wildman–Crippen MR) is 85.1 cm³/mol. The van der Waals surface area contributed by atoms with Gasteiger partial charge >= 0.3 is 12.1 Å². The van der Waals surface area contributed by atoms with E-state index in [9.17, 15) is 18.0 Å². The van der Waals surface area contributed by atoms with Crippen LogP contribution < -0.4 is 5.73 Å². The van der Waals surface area contributed by atoms with Gasteiger partial charge in [0.05, 0.1) is 0 Å². The molecule has 24 heavy (non-hydrogen) atoms. The first-order chi connectivity index (χ1) is 11.3. The number of nitrogens with two attached hydrogens (primary N) is 1. The molecule has 3 nitrogen and oxygen atoms in total. The van der Waals surface area contributed by atoms with Gasteiger partial charge in [0.15, 0.2) is 0 Å². The quantitative estimate of drug-likeness (QED) is 0.875. The van der Waals surface area contributed by atoms with E-state index in [1.165, 1.54) is 0 Å². The van der Waals surface area contributed by atoms with Gasteiger partial charge in [-0.25, -0.2) is 0 Å². The second kappa shape index (κ2) is 6.19. The monoisotopic (exact) mass is 334 g/mol. The molecule has 0 saturated heterocycles. The summed E-state index contributed by atoms with van der Waals surface area (Å²) in [5.74, 6) is -1.79. The number of carbonyl (C=O) groups is 1. The Bertz CT molecular complexity index is 744. The summed E-state index contributed by atoms with van der Waals surface area (Å²) >= 11 is 0. The number of hydrogen-bond donors (Lipinski definition) is 1. The van der Waals surface area contributed by atoms with Crippen LogP contribution in [-0.2, 0) is 24.2 Å². The summed E-state index contributed by atoms with van der Waals surface area (Å²) in [6.45, 7) is -0.0622. The maximum atomic E-state index is 13.0. The van der Waals surface area contributed by atoms with Crippen LogP contribution in [0.5, 0.6) is 0 Å². The molecule has 0 aromatic heterocycles. The van der Waals surface area contributed by atoms with Gasteiger partial charge in [0, 0.05) is 18.3 Å². The van der Waals surface area contributed by atoms with E-state index < -0.39 is 18.1 Å². The molecule has 1 aliphatic rings. The van der Waals surface area contributed by atoms with Gasteiger partial charge in [-0.3, -0.25) is 4.79 Å². The van der Waals surface area contributed by atoms with Crippen LogP contribution in [0, 0.1) is 0 Å². The van der Waals surface area contributed by atoms with Crippen molar-refractivity contribution in [2.45, 2.75) is 31.6 Å². The maximum Gasteiger partial charge on any atom is 0.471 e. The molecule has 0 radical (unpaired) electrons. The lowest BCUT2D eigenvalue weighted by Gasteiger charge is -2.29. The number of alkyl halides is 3. The fourth-order valence-corrected chi connectivity index (χ4v) is 3.14.